The highest BCUT2D eigenvalue weighted by Crippen LogP contribution is 2.35. The second-order valence-corrected chi connectivity index (χ2v) is 11.4. The molecule has 4 rings (SSSR count). The molecule has 2 aliphatic rings. The van der Waals surface area contributed by atoms with Gasteiger partial charge in [-0.1, -0.05) is 30.1 Å². The largest absolute Gasteiger partial charge is 0.383 e. The molecule has 0 radical (unpaired) electrons. The number of pyridine rings is 2. The summed E-state index contributed by atoms with van der Waals surface area (Å²) in [6.45, 7) is 7.62. The van der Waals surface area contributed by atoms with Crippen molar-refractivity contribution in [1.82, 2.24) is 15.3 Å². The fraction of sp³-hybridized carbons (Fsp3) is 0.630. The minimum Gasteiger partial charge on any atom is -0.383 e. The topological polar surface area (TPSA) is 80.3 Å². The second kappa shape index (κ2) is 12.7. The summed E-state index contributed by atoms with van der Waals surface area (Å²) in [6.07, 6.45) is 9.99. The van der Waals surface area contributed by atoms with E-state index in [1.54, 1.807) is 19.5 Å². The van der Waals surface area contributed by atoms with E-state index in [0.717, 1.165) is 87.5 Å². The number of nitrogens with one attached hydrogen (secondary N) is 3. The molecule has 9 heteroatoms. The number of hydrogen-bond donors (Lipinski definition) is 3. The van der Waals surface area contributed by atoms with Crippen LogP contribution in [0.15, 0.2) is 24.5 Å². The summed E-state index contributed by atoms with van der Waals surface area (Å²) in [5, 5.41) is 11.9. The SMILES string of the molecule is COC[C@@H](C)N[C@H]1CC[C@H](Nc2cc(-c3cnc(Cl)c(NCC4(C)CCOCC4)c3)c(Cl)cn2)CC1. The van der Waals surface area contributed by atoms with Crippen molar-refractivity contribution >= 4 is 34.7 Å². The molecule has 3 N–H and O–H groups in total. The van der Waals surface area contributed by atoms with E-state index in [1.807, 2.05) is 12.1 Å². The summed E-state index contributed by atoms with van der Waals surface area (Å²) in [7, 11) is 1.75. The molecule has 1 saturated carbocycles. The van der Waals surface area contributed by atoms with Gasteiger partial charge in [0, 0.05) is 68.5 Å². The molecule has 2 aromatic heterocycles. The van der Waals surface area contributed by atoms with Crippen LogP contribution in [0.3, 0.4) is 0 Å². The standard InChI is InChI=1S/C27H39Cl2N5O2/c1-18(16-35-3)33-20-4-6-21(7-5-20)34-25-13-22(23(28)15-30-25)19-12-24(26(29)31-14-19)32-17-27(2)8-10-36-11-9-27/h12-15,18,20-21,32-33H,4-11,16-17H2,1-3H3,(H,30,34)/t18-,20-,21-/m1/s1. The normalized spacial score (nSPS) is 22.7. The summed E-state index contributed by atoms with van der Waals surface area (Å²) in [5.74, 6) is 0.831. The van der Waals surface area contributed by atoms with Crippen molar-refractivity contribution in [3.63, 3.8) is 0 Å². The smallest absolute Gasteiger partial charge is 0.152 e. The first-order valence-electron chi connectivity index (χ1n) is 13.0. The van der Waals surface area contributed by atoms with E-state index in [0.29, 0.717) is 28.3 Å². The van der Waals surface area contributed by atoms with Crippen molar-refractivity contribution in [3.8, 4) is 11.1 Å². The average Bonchev–Trinajstić information content (AvgIpc) is 2.87. The Labute approximate surface area is 225 Å². The van der Waals surface area contributed by atoms with Gasteiger partial charge < -0.3 is 25.4 Å². The van der Waals surface area contributed by atoms with E-state index >= 15 is 0 Å². The van der Waals surface area contributed by atoms with Gasteiger partial charge in [0.25, 0.3) is 0 Å². The van der Waals surface area contributed by atoms with E-state index in [-0.39, 0.29) is 5.41 Å². The van der Waals surface area contributed by atoms with Crippen LogP contribution in [-0.2, 0) is 9.47 Å². The zero-order valence-electron chi connectivity index (χ0n) is 21.6. The molecule has 198 valence electrons. The van der Waals surface area contributed by atoms with Crippen molar-refractivity contribution < 1.29 is 9.47 Å². The van der Waals surface area contributed by atoms with Gasteiger partial charge in [-0.25, -0.2) is 9.97 Å². The van der Waals surface area contributed by atoms with Gasteiger partial charge in [-0.15, -0.1) is 0 Å². The van der Waals surface area contributed by atoms with E-state index in [2.05, 4.69) is 39.8 Å². The van der Waals surface area contributed by atoms with Gasteiger partial charge >= 0.3 is 0 Å². The lowest BCUT2D eigenvalue weighted by molar-refractivity contribution is 0.0300. The van der Waals surface area contributed by atoms with Crippen LogP contribution in [0.25, 0.3) is 11.1 Å². The molecular formula is C27H39Cl2N5O2. The highest BCUT2D eigenvalue weighted by molar-refractivity contribution is 6.33. The summed E-state index contributed by atoms with van der Waals surface area (Å²) in [5.41, 5.74) is 2.80. The lowest BCUT2D eigenvalue weighted by atomic mass is 9.82. The molecule has 1 aliphatic heterocycles. The van der Waals surface area contributed by atoms with Crippen LogP contribution in [0.1, 0.15) is 52.4 Å². The Morgan fingerprint density at radius 2 is 1.81 bits per heavy atom. The molecule has 0 unspecified atom stereocenters. The molecule has 0 amide bonds. The van der Waals surface area contributed by atoms with Gasteiger partial charge in [0.2, 0.25) is 0 Å². The fourth-order valence-corrected chi connectivity index (χ4v) is 5.50. The Balaban J connectivity index is 1.39. The zero-order valence-corrected chi connectivity index (χ0v) is 23.1. The minimum atomic E-state index is 0.180. The third-order valence-electron chi connectivity index (χ3n) is 7.43. The third kappa shape index (κ3) is 7.45. The van der Waals surface area contributed by atoms with Gasteiger partial charge in [0.15, 0.2) is 5.15 Å². The quantitative estimate of drug-likeness (QED) is 0.320. The second-order valence-electron chi connectivity index (χ2n) is 10.6. The van der Waals surface area contributed by atoms with Crippen LogP contribution in [0, 0.1) is 5.41 Å². The Bertz CT molecular complexity index is 994. The monoisotopic (exact) mass is 535 g/mol. The molecular weight excluding hydrogens is 497 g/mol. The van der Waals surface area contributed by atoms with Gasteiger partial charge in [-0.05, 0) is 63.0 Å². The maximum atomic E-state index is 6.58. The summed E-state index contributed by atoms with van der Waals surface area (Å²) in [4.78, 5) is 8.98. The van der Waals surface area contributed by atoms with Crippen LogP contribution < -0.4 is 16.0 Å². The zero-order chi connectivity index (χ0) is 25.5. The van der Waals surface area contributed by atoms with Crippen LogP contribution >= 0.6 is 23.2 Å². The number of halogens is 2. The molecule has 1 atom stereocenters. The Morgan fingerprint density at radius 3 is 2.53 bits per heavy atom. The summed E-state index contributed by atoms with van der Waals surface area (Å²) in [6, 6.07) is 5.35. The van der Waals surface area contributed by atoms with E-state index in [9.17, 15) is 0 Å². The molecule has 1 saturated heterocycles. The molecule has 3 heterocycles. The summed E-state index contributed by atoms with van der Waals surface area (Å²) >= 11 is 13.0. The van der Waals surface area contributed by atoms with Gasteiger partial charge in [0.1, 0.15) is 5.82 Å². The van der Waals surface area contributed by atoms with Gasteiger partial charge in [0.05, 0.1) is 17.3 Å². The Kier molecular flexibility index (Phi) is 9.70. The number of ether oxygens (including phenoxy) is 2. The Hall–Kier alpha value is -1.64. The van der Waals surface area contributed by atoms with E-state index in [1.165, 1.54) is 0 Å². The first kappa shape index (κ1) is 27.4. The van der Waals surface area contributed by atoms with E-state index < -0.39 is 0 Å². The molecule has 2 fully saturated rings. The molecule has 1 aliphatic carbocycles. The number of hydrogen-bond acceptors (Lipinski definition) is 7. The van der Waals surface area contributed by atoms with Gasteiger partial charge in [-0.3, -0.25) is 0 Å². The van der Waals surface area contributed by atoms with E-state index in [4.69, 9.17) is 32.7 Å². The van der Waals surface area contributed by atoms with Crippen molar-refractivity contribution in [2.75, 3.05) is 44.1 Å². The van der Waals surface area contributed by atoms with Crippen molar-refractivity contribution in [2.45, 2.75) is 70.5 Å². The summed E-state index contributed by atoms with van der Waals surface area (Å²) < 4.78 is 10.8. The number of nitrogens with zero attached hydrogens (tertiary/aromatic N) is 2. The number of rotatable bonds is 10. The van der Waals surface area contributed by atoms with Crippen molar-refractivity contribution in [2.24, 2.45) is 5.41 Å². The van der Waals surface area contributed by atoms with Crippen LogP contribution in [0.2, 0.25) is 10.2 Å². The van der Waals surface area contributed by atoms with Gasteiger partial charge in [-0.2, -0.15) is 0 Å². The van der Waals surface area contributed by atoms with Crippen LogP contribution in [-0.4, -0.2) is 61.6 Å². The van der Waals surface area contributed by atoms with Crippen LogP contribution in [0.4, 0.5) is 11.5 Å². The minimum absolute atomic E-state index is 0.180. The Morgan fingerprint density at radius 1 is 1.08 bits per heavy atom. The average molecular weight is 537 g/mol. The molecule has 36 heavy (non-hydrogen) atoms. The van der Waals surface area contributed by atoms with Crippen molar-refractivity contribution in [1.29, 1.82) is 0 Å². The maximum Gasteiger partial charge on any atom is 0.152 e. The predicted octanol–water partition coefficient (Wildman–Crippen LogP) is 6.03. The fourth-order valence-electron chi connectivity index (χ4n) is 5.12. The first-order valence-corrected chi connectivity index (χ1v) is 13.8. The number of aromatic nitrogens is 2. The number of methoxy groups -OCH3 is 1. The predicted molar refractivity (Wildman–Crippen MR) is 148 cm³/mol. The molecule has 0 bridgehead atoms. The maximum absolute atomic E-state index is 6.58. The molecule has 2 aromatic rings. The lowest BCUT2D eigenvalue weighted by Gasteiger charge is -2.34. The lowest BCUT2D eigenvalue weighted by Crippen LogP contribution is -2.42. The first-order chi connectivity index (χ1) is 17.3. The van der Waals surface area contributed by atoms with Crippen molar-refractivity contribution in [3.05, 3.63) is 34.7 Å². The van der Waals surface area contributed by atoms with Crippen LogP contribution in [0.5, 0.6) is 0 Å². The number of anilines is 2. The molecule has 0 spiro atoms. The highest BCUT2D eigenvalue weighted by atomic mass is 35.5. The molecule has 0 aromatic carbocycles. The third-order valence-corrected chi connectivity index (χ3v) is 8.03. The highest BCUT2D eigenvalue weighted by Gasteiger charge is 2.27. The molecule has 7 nitrogen and oxygen atoms in total.